The molecule has 0 bridgehead atoms. The highest BCUT2D eigenvalue weighted by Gasteiger charge is 2.19. The van der Waals surface area contributed by atoms with Crippen LogP contribution < -0.4 is 15.9 Å². The molecule has 1 aromatic carbocycles. The number of carbonyl (C=O) groups excluding carboxylic acids is 1. The van der Waals surface area contributed by atoms with E-state index in [1.54, 1.807) is 13.0 Å². The summed E-state index contributed by atoms with van der Waals surface area (Å²) in [7, 11) is 0. The van der Waals surface area contributed by atoms with Gasteiger partial charge >= 0.3 is 0 Å². The van der Waals surface area contributed by atoms with Gasteiger partial charge in [0.1, 0.15) is 5.75 Å². The fourth-order valence-electron chi connectivity index (χ4n) is 1.95. The first-order chi connectivity index (χ1) is 11.6. The van der Waals surface area contributed by atoms with Gasteiger partial charge in [0.25, 0.3) is 0 Å². The van der Waals surface area contributed by atoms with Crippen molar-refractivity contribution in [2.45, 2.75) is 24.3 Å². The molecule has 0 saturated carbocycles. The molecule has 0 radical (unpaired) electrons. The van der Waals surface area contributed by atoms with Gasteiger partial charge in [0, 0.05) is 12.1 Å². The van der Waals surface area contributed by atoms with Gasteiger partial charge in [-0.05, 0) is 38.1 Å². The molecule has 128 valence electrons. The zero-order chi connectivity index (χ0) is 17.5. The lowest BCUT2D eigenvalue weighted by Crippen LogP contribution is -2.31. The van der Waals surface area contributed by atoms with Crippen molar-refractivity contribution in [1.82, 2.24) is 20.2 Å². The number of hydrogen-bond donors (Lipinski definition) is 2. The maximum Gasteiger partial charge on any atom is 0.233 e. The molecule has 0 spiro atoms. The molecule has 2 rings (SSSR count). The Morgan fingerprint density at radius 2 is 2.17 bits per heavy atom. The van der Waals surface area contributed by atoms with Crippen molar-refractivity contribution in [1.29, 1.82) is 0 Å². The van der Waals surface area contributed by atoms with Crippen molar-refractivity contribution in [2.24, 2.45) is 0 Å². The van der Waals surface area contributed by atoms with E-state index in [-0.39, 0.29) is 11.2 Å². The van der Waals surface area contributed by atoms with Crippen molar-refractivity contribution in [3.05, 3.63) is 36.9 Å². The summed E-state index contributed by atoms with van der Waals surface area (Å²) in [5, 5.41) is 11.1. The quantitative estimate of drug-likeness (QED) is 0.430. The maximum absolute atomic E-state index is 11.9. The van der Waals surface area contributed by atoms with E-state index >= 15 is 0 Å². The number of hydrogen-bond acceptors (Lipinski definition) is 6. The molecule has 0 aliphatic heterocycles. The molecular weight excluding hydrogens is 326 g/mol. The Bertz CT molecular complexity index is 699. The summed E-state index contributed by atoms with van der Waals surface area (Å²) in [5.74, 6) is 7.28. The molecule has 7 nitrogen and oxygen atoms in total. The lowest BCUT2D eigenvalue weighted by molar-refractivity contribution is -0.120. The van der Waals surface area contributed by atoms with Crippen LogP contribution in [0.1, 0.15) is 13.8 Å². The number of thioether (sulfide) groups is 1. The molecule has 1 aromatic heterocycles. The van der Waals surface area contributed by atoms with Crippen molar-refractivity contribution in [3.8, 4) is 17.1 Å². The number of ether oxygens (including phenoxy) is 1. The maximum atomic E-state index is 11.9. The van der Waals surface area contributed by atoms with E-state index < -0.39 is 0 Å². The van der Waals surface area contributed by atoms with E-state index in [4.69, 9.17) is 10.6 Å². The SMILES string of the molecule is C=CCNC(=O)C(C)Sc1nnc(-c2ccc(OCC)cc2)n1N. The van der Waals surface area contributed by atoms with E-state index in [9.17, 15) is 4.79 Å². The zero-order valence-electron chi connectivity index (χ0n) is 13.7. The van der Waals surface area contributed by atoms with Crippen LogP contribution in [0.25, 0.3) is 11.4 Å². The van der Waals surface area contributed by atoms with Crippen LogP contribution in [0.3, 0.4) is 0 Å². The highest BCUT2D eigenvalue weighted by atomic mass is 32.2. The number of amides is 1. The van der Waals surface area contributed by atoms with Gasteiger partial charge in [0.05, 0.1) is 11.9 Å². The topological polar surface area (TPSA) is 95.1 Å². The molecule has 0 aliphatic carbocycles. The molecule has 0 fully saturated rings. The van der Waals surface area contributed by atoms with Crippen LogP contribution in [0, 0.1) is 0 Å². The fourth-order valence-corrected chi connectivity index (χ4v) is 2.74. The molecule has 1 atom stereocenters. The van der Waals surface area contributed by atoms with E-state index in [0.29, 0.717) is 24.1 Å². The summed E-state index contributed by atoms with van der Waals surface area (Å²) in [4.78, 5) is 11.9. The molecule has 1 unspecified atom stereocenters. The molecule has 0 aliphatic rings. The van der Waals surface area contributed by atoms with Crippen molar-refractivity contribution in [2.75, 3.05) is 19.0 Å². The number of nitrogens with two attached hydrogens (primary N) is 1. The molecule has 24 heavy (non-hydrogen) atoms. The molecule has 3 N–H and O–H groups in total. The standard InChI is InChI=1S/C16H21N5O2S/c1-4-10-18-15(22)11(3)24-16-20-19-14(21(16)17)12-6-8-13(9-7-12)23-5-2/h4,6-9,11H,1,5,10,17H2,2-3H3,(H,18,22). The van der Waals surface area contributed by atoms with Gasteiger partial charge in [-0.15, -0.1) is 16.8 Å². The zero-order valence-corrected chi connectivity index (χ0v) is 14.5. The van der Waals surface area contributed by atoms with Crippen LogP contribution in [-0.2, 0) is 4.79 Å². The first kappa shape index (κ1) is 17.9. The summed E-state index contributed by atoms with van der Waals surface area (Å²) < 4.78 is 6.80. The summed E-state index contributed by atoms with van der Waals surface area (Å²) in [5.41, 5.74) is 0.823. The molecule has 1 amide bonds. The first-order valence-electron chi connectivity index (χ1n) is 7.55. The Hall–Kier alpha value is -2.48. The molecule has 8 heteroatoms. The fraction of sp³-hybridized carbons (Fsp3) is 0.312. The predicted molar refractivity (Wildman–Crippen MR) is 95.3 cm³/mol. The van der Waals surface area contributed by atoms with Crippen molar-refractivity contribution < 1.29 is 9.53 Å². The molecule has 0 saturated heterocycles. The van der Waals surface area contributed by atoms with Gasteiger partial charge in [-0.2, -0.15) is 0 Å². The van der Waals surface area contributed by atoms with Gasteiger partial charge in [-0.25, -0.2) is 4.68 Å². The normalized spacial score (nSPS) is 11.8. The Morgan fingerprint density at radius 3 is 2.79 bits per heavy atom. The summed E-state index contributed by atoms with van der Waals surface area (Å²) in [6.45, 7) is 8.32. The number of aromatic nitrogens is 3. The van der Waals surface area contributed by atoms with E-state index in [2.05, 4.69) is 22.1 Å². The lowest BCUT2D eigenvalue weighted by Gasteiger charge is -2.10. The Kier molecular flexibility index (Phi) is 6.25. The number of carbonyl (C=O) groups is 1. The molecule has 2 aromatic rings. The monoisotopic (exact) mass is 347 g/mol. The minimum absolute atomic E-state index is 0.106. The van der Waals surface area contributed by atoms with Gasteiger partial charge < -0.3 is 15.9 Å². The van der Waals surface area contributed by atoms with E-state index in [1.807, 2.05) is 31.2 Å². The Morgan fingerprint density at radius 1 is 1.46 bits per heavy atom. The first-order valence-corrected chi connectivity index (χ1v) is 8.43. The third-order valence-electron chi connectivity index (χ3n) is 3.16. The van der Waals surface area contributed by atoms with Crippen LogP contribution in [0.2, 0.25) is 0 Å². The number of rotatable bonds is 8. The highest BCUT2D eigenvalue weighted by Crippen LogP contribution is 2.25. The number of nitrogen functional groups attached to an aromatic ring is 1. The third kappa shape index (κ3) is 4.29. The molecule has 1 heterocycles. The summed E-state index contributed by atoms with van der Waals surface area (Å²) in [6.07, 6.45) is 1.63. The lowest BCUT2D eigenvalue weighted by atomic mass is 10.2. The summed E-state index contributed by atoms with van der Waals surface area (Å²) >= 11 is 1.25. The van der Waals surface area contributed by atoms with Gasteiger partial charge in [0.15, 0.2) is 5.82 Å². The third-order valence-corrected chi connectivity index (χ3v) is 4.22. The smallest absolute Gasteiger partial charge is 0.233 e. The van der Waals surface area contributed by atoms with Gasteiger partial charge in [0.2, 0.25) is 11.1 Å². The minimum Gasteiger partial charge on any atom is -0.494 e. The number of nitrogens with one attached hydrogen (secondary N) is 1. The van der Waals surface area contributed by atoms with Crippen LogP contribution in [-0.4, -0.2) is 39.2 Å². The van der Waals surface area contributed by atoms with Crippen LogP contribution in [0.5, 0.6) is 5.75 Å². The average molecular weight is 347 g/mol. The Balaban J connectivity index is 2.10. The van der Waals surface area contributed by atoms with Gasteiger partial charge in [-0.3, -0.25) is 4.79 Å². The second-order valence-corrected chi connectivity index (χ2v) is 6.24. The largest absolute Gasteiger partial charge is 0.494 e. The molecular formula is C16H21N5O2S. The highest BCUT2D eigenvalue weighted by molar-refractivity contribution is 8.00. The van der Waals surface area contributed by atoms with Gasteiger partial charge in [-0.1, -0.05) is 17.8 Å². The van der Waals surface area contributed by atoms with E-state index in [1.165, 1.54) is 16.4 Å². The van der Waals surface area contributed by atoms with Crippen LogP contribution in [0.15, 0.2) is 42.1 Å². The second-order valence-electron chi connectivity index (χ2n) is 4.93. The van der Waals surface area contributed by atoms with Crippen molar-refractivity contribution in [3.63, 3.8) is 0 Å². The van der Waals surface area contributed by atoms with Crippen molar-refractivity contribution >= 4 is 17.7 Å². The second kappa shape index (κ2) is 8.39. The van der Waals surface area contributed by atoms with Crippen LogP contribution >= 0.6 is 11.8 Å². The van der Waals surface area contributed by atoms with Crippen LogP contribution in [0.4, 0.5) is 0 Å². The number of benzene rings is 1. The minimum atomic E-state index is -0.343. The average Bonchev–Trinajstić information content (AvgIpc) is 2.94. The predicted octanol–water partition coefficient (Wildman–Crippen LogP) is 1.84. The number of nitrogens with zero attached hydrogens (tertiary/aromatic N) is 3. The summed E-state index contributed by atoms with van der Waals surface area (Å²) in [6, 6.07) is 7.44. The van der Waals surface area contributed by atoms with E-state index in [0.717, 1.165) is 11.3 Å². The Labute approximate surface area is 145 Å².